The molecular weight excluding hydrogens is 520 g/mol. The maximum absolute atomic E-state index is 12.0. The molecule has 0 atom stereocenters. The van der Waals surface area contributed by atoms with E-state index >= 15 is 0 Å². The van der Waals surface area contributed by atoms with E-state index in [0.717, 1.165) is 27.8 Å². The summed E-state index contributed by atoms with van der Waals surface area (Å²) in [5, 5.41) is 4.23. The Morgan fingerprint density at radius 2 is 1.83 bits per heavy atom. The number of ether oxygens (including phenoxy) is 3. The number of fused-ring (bicyclic) bond motifs is 2. The molecule has 0 radical (unpaired) electrons. The van der Waals surface area contributed by atoms with Crippen LogP contribution in [-0.2, 0) is 4.79 Å². The van der Waals surface area contributed by atoms with Gasteiger partial charge in [-0.2, -0.15) is 0 Å². The second-order valence-corrected chi connectivity index (χ2v) is 9.71. The van der Waals surface area contributed by atoms with Gasteiger partial charge in [0, 0.05) is 61.5 Å². The Hall–Kier alpha value is -5.12. The fourth-order valence-corrected chi connectivity index (χ4v) is 5.19. The van der Waals surface area contributed by atoms with Crippen LogP contribution in [0.2, 0.25) is 0 Å². The van der Waals surface area contributed by atoms with E-state index in [1.807, 2.05) is 59.3 Å². The van der Waals surface area contributed by atoms with Gasteiger partial charge in [0.2, 0.25) is 5.91 Å². The van der Waals surface area contributed by atoms with Crippen molar-refractivity contribution in [2.24, 2.45) is 0 Å². The molecule has 5 aromatic rings. The Kier molecular flexibility index (Phi) is 7.11. The highest BCUT2D eigenvalue weighted by Gasteiger charge is 2.24. The van der Waals surface area contributed by atoms with Crippen molar-refractivity contribution in [3.63, 3.8) is 0 Å². The van der Waals surface area contributed by atoms with E-state index in [0.29, 0.717) is 54.5 Å². The molecule has 41 heavy (non-hydrogen) atoms. The zero-order valence-corrected chi connectivity index (χ0v) is 22.9. The number of amides is 1. The number of aromatic nitrogens is 4. The molecule has 10 nitrogen and oxygen atoms in total. The fraction of sp³-hybridized carbons (Fsp3) is 0.226. The minimum atomic E-state index is -0.0570. The van der Waals surface area contributed by atoms with Gasteiger partial charge < -0.3 is 28.8 Å². The van der Waals surface area contributed by atoms with Gasteiger partial charge in [-0.3, -0.25) is 4.79 Å². The highest BCUT2D eigenvalue weighted by molar-refractivity contribution is 5.94. The number of benzene rings is 2. The SMILES string of the molecule is C=CC(=O)N1CCC(Oc2cc3c(Nc4cc(-c5cccn6ccnc56)ccc4OC)ncnc3cc2OC)CC1. The van der Waals surface area contributed by atoms with Crippen LogP contribution in [0.25, 0.3) is 27.7 Å². The predicted octanol–water partition coefficient (Wildman–Crippen LogP) is 5.26. The number of hydrogen-bond acceptors (Lipinski definition) is 8. The minimum Gasteiger partial charge on any atom is -0.495 e. The Balaban J connectivity index is 1.33. The van der Waals surface area contributed by atoms with Gasteiger partial charge in [0.15, 0.2) is 11.5 Å². The van der Waals surface area contributed by atoms with Gasteiger partial charge >= 0.3 is 0 Å². The van der Waals surface area contributed by atoms with Gasteiger partial charge in [-0.1, -0.05) is 12.6 Å². The molecule has 1 fully saturated rings. The molecule has 4 heterocycles. The second-order valence-electron chi connectivity index (χ2n) is 9.71. The molecule has 10 heteroatoms. The van der Waals surface area contributed by atoms with Crippen LogP contribution >= 0.6 is 0 Å². The van der Waals surface area contributed by atoms with Crippen molar-refractivity contribution in [1.29, 1.82) is 0 Å². The first-order valence-corrected chi connectivity index (χ1v) is 13.4. The third-order valence-electron chi connectivity index (χ3n) is 7.33. The number of pyridine rings is 1. The summed E-state index contributed by atoms with van der Waals surface area (Å²) in [4.78, 5) is 27.3. The lowest BCUT2D eigenvalue weighted by atomic mass is 10.1. The Morgan fingerprint density at radius 1 is 1.00 bits per heavy atom. The van der Waals surface area contributed by atoms with E-state index in [1.54, 1.807) is 25.3 Å². The number of carbonyl (C=O) groups is 1. The van der Waals surface area contributed by atoms with Crippen molar-refractivity contribution in [3.05, 3.63) is 80.0 Å². The molecule has 6 rings (SSSR count). The van der Waals surface area contributed by atoms with Gasteiger partial charge in [-0.25, -0.2) is 15.0 Å². The van der Waals surface area contributed by atoms with E-state index < -0.39 is 0 Å². The fourth-order valence-electron chi connectivity index (χ4n) is 5.19. The second kappa shape index (κ2) is 11.2. The summed E-state index contributed by atoms with van der Waals surface area (Å²) in [6, 6.07) is 13.7. The minimum absolute atomic E-state index is 0.0550. The van der Waals surface area contributed by atoms with Crippen molar-refractivity contribution >= 4 is 34.0 Å². The Bertz CT molecular complexity index is 1740. The summed E-state index contributed by atoms with van der Waals surface area (Å²) < 4.78 is 19.7. The number of carbonyl (C=O) groups excluding carboxylic acids is 1. The van der Waals surface area contributed by atoms with Crippen molar-refractivity contribution in [2.45, 2.75) is 18.9 Å². The first kappa shape index (κ1) is 26.1. The molecule has 0 unspecified atom stereocenters. The third kappa shape index (κ3) is 5.11. The van der Waals surface area contributed by atoms with Gasteiger partial charge in [-0.05, 0) is 42.0 Å². The van der Waals surface area contributed by atoms with Gasteiger partial charge in [0.1, 0.15) is 29.6 Å². The number of nitrogens with one attached hydrogen (secondary N) is 1. The lowest BCUT2D eigenvalue weighted by Crippen LogP contribution is -2.41. The van der Waals surface area contributed by atoms with Crippen LogP contribution < -0.4 is 19.5 Å². The average molecular weight is 551 g/mol. The smallest absolute Gasteiger partial charge is 0.245 e. The van der Waals surface area contributed by atoms with Crippen LogP contribution in [0.15, 0.2) is 80.0 Å². The number of hydrogen-bond donors (Lipinski definition) is 1. The molecule has 2 aromatic carbocycles. The number of rotatable bonds is 8. The van der Waals surface area contributed by atoms with Crippen molar-refractivity contribution < 1.29 is 19.0 Å². The molecule has 1 N–H and O–H groups in total. The molecule has 0 spiro atoms. The highest BCUT2D eigenvalue weighted by atomic mass is 16.5. The summed E-state index contributed by atoms with van der Waals surface area (Å²) in [7, 11) is 3.24. The normalized spacial score (nSPS) is 13.8. The Labute approximate surface area is 237 Å². The van der Waals surface area contributed by atoms with Crippen molar-refractivity contribution in [3.8, 4) is 28.4 Å². The number of imidazole rings is 1. The maximum Gasteiger partial charge on any atom is 0.245 e. The maximum atomic E-state index is 12.0. The lowest BCUT2D eigenvalue weighted by Gasteiger charge is -2.31. The molecule has 1 aliphatic heterocycles. The summed E-state index contributed by atoms with van der Waals surface area (Å²) >= 11 is 0. The van der Waals surface area contributed by atoms with Crippen LogP contribution in [-0.4, -0.2) is 63.6 Å². The van der Waals surface area contributed by atoms with E-state index in [2.05, 4.69) is 26.8 Å². The monoisotopic (exact) mass is 550 g/mol. The van der Waals surface area contributed by atoms with Gasteiger partial charge in [-0.15, -0.1) is 0 Å². The number of piperidine rings is 1. The van der Waals surface area contributed by atoms with Gasteiger partial charge in [0.05, 0.1) is 25.4 Å². The third-order valence-corrected chi connectivity index (χ3v) is 7.33. The van der Waals surface area contributed by atoms with E-state index in [4.69, 9.17) is 14.2 Å². The van der Waals surface area contributed by atoms with Crippen molar-refractivity contribution in [1.82, 2.24) is 24.3 Å². The quantitative estimate of drug-likeness (QED) is 0.261. The summed E-state index contributed by atoms with van der Waals surface area (Å²) in [5.74, 6) is 2.39. The average Bonchev–Trinajstić information content (AvgIpc) is 3.50. The molecule has 1 saturated heterocycles. The molecule has 1 amide bonds. The first-order chi connectivity index (χ1) is 20.1. The van der Waals surface area contributed by atoms with Crippen LogP contribution in [0.1, 0.15) is 12.8 Å². The largest absolute Gasteiger partial charge is 0.495 e. The summed E-state index contributed by atoms with van der Waals surface area (Å²) in [6.07, 6.45) is 9.91. The van der Waals surface area contributed by atoms with Crippen molar-refractivity contribution in [2.75, 3.05) is 32.6 Å². The predicted molar refractivity (Wildman–Crippen MR) is 157 cm³/mol. The standard InChI is InChI=1S/C31H30N6O4/c1-4-29(38)36-13-9-21(10-14-36)41-28-17-23-24(18-27(28)40-3)33-19-34-30(23)35-25-16-20(7-8-26(25)39-2)22-6-5-12-37-15-11-32-31(22)37/h4-8,11-12,15-19,21H,1,9-10,13-14H2,2-3H3,(H,33,34,35). The zero-order valence-electron chi connectivity index (χ0n) is 22.9. The molecule has 3 aromatic heterocycles. The molecule has 0 bridgehead atoms. The highest BCUT2D eigenvalue weighted by Crippen LogP contribution is 2.38. The van der Waals surface area contributed by atoms with E-state index in [9.17, 15) is 4.79 Å². The van der Waals surface area contributed by atoms with Crippen LogP contribution in [0.4, 0.5) is 11.5 Å². The first-order valence-electron chi connectivity index (χ1n) is 13.4. The molecular formula is C31H30N6O4. The van der Waals surface area contributed by atoms with Gasteiger partial charge in [0.25, 0.3) is 0 Å². The lowest BCUT2D eigenvalue weighted by molar-refractivity contribution is -0.127. The number of anilines is 2. The van der Waals surface area contributed by atoms with E-state index in [1.165, 1.54) is 12.4 Å². The number of nitrogens with zero attached hydrogens (tertiary/aromatic N) is 5. The van der Waals surface area contributed by atoms with Crippen LogP contribution in [0.3, 0.4) is 0 Å². The number of methoxy groups -OCH3 is 2. The van der Waals surface area contributed by atoms with Crippen LogP contribution in [0.5, 0.6) is 17.2 Å². The zero-order chi connectivity index (χ0) is 28.3. The molecule has 0 saturated carbocycles. The number of likely N-dealkylation sites (tertiary alicyclic amines) is 1. The molecule has 1 aliphatic rings. The van der Waals surface area contributed by atoms with Crippen LogP contribution in [0, 0.1) is 0 Å². The Morgan fingerprint density at radius 3 is 2.61 bits per heavy atom. The topological polar surface area (TPSA) is 103 Å². The molecule has 0 aliphatic carbocycles. The summed E-state index contributed by atoms with van der Waals surface area (Å²) in [5.41, 5.74) is 4.29. The van der Waals surface area contributed by atoms with E-state index in [-0.39, 0.29) is 12.0 Å². The summed E-state index contributed by atoms with van der Waals surface area (Å²) in [6.45, 7) is 4.81. The molecule has 208 valence electrons.